The predicted molar refractivity (Wildman–Crippen MR) is 48.0 cm³/mol. The van der Waals surface area contributed by atoms with Crippen molar-refractivity contribution in [3.63, 3.8) is 0 Å². The summed E-state index contributed by atoms with van der Waals surface area (Å²) in [4.78, 5) is 21.0. The lowest BCUT2D eigenvalue weighted by Crippen LogP contribution is -1.94. The number of carbonyl (C=O) groups is 1. The summed E-state index contributed by atoms with van der Waals surface area (Å²) >= 11 is 0. The molecule has 3 N–H and O–H groups in total. The Morgan fingerprint density at radius 2 is 2.15 bits per heavy atom. The fourth-order valence-corrected chi connectivity index (χ4v) is 0.944. The van der Waals surface area contributed by atoms with Gasteiger partial charge in [0.2, 0.25) is 0 Å². The van der Waals surface area contributed by atoms with Crippen LogP contribution in [0, 0.1) is 4.91 Å². The van der Waals surface area contributed by atoms with Crippen LogP contribution < -0.4 is 5.73 Å². The van der Waals surface area contributed by atoms with Gasteiger partial charge in [0.1, 0.15) is 5.75 Å². The monoisotopic (exact) mass is 180 g/mol. The van der Waals surface area contributed by atoms with Crippen molar-refractivity contribution in [1.82, 2.24) is 0 Å². The molecule has 0 atom stereocenters. The smallest absolute Gasteiger partial charge is 0.172 e. The normalized spacial score (nSPS) is 9.62. The number of ketones is 1. The number of hydrogen-bond donors (Lipinski definition) is 2. The number of rotatable bonds is 2. The molecule has 0 amide bonds. The number of nitrogens with two attached hydrogens (primary N) is 1. The average Bonchev–Trinajstić information content (AvgIpc) is 2.03. The van der Waals surface area contributed by atoms with Crippen molar-refractivity contribution < 1.29 is 9.90 Å². The summed E-state index contributed by atoms with van der Waals surface area (Å²) in [5.41, 5.74) is 5.39. The summed E-state index contributed by atoms with van der Waals surface area (Å²) in [5.74, 6) is -0.611. The lowest BCUT2D eigenvalue weighted by Gasteiger charge is -2.02. The molecular weight excluding hydrogens is 172 g/mol. The number of carbonyl (C=O) groups excluding carboxylic acids is 1. The zero-order valence-electron chi connectivity index (χ0n) is 6.94. The van der Waals surface area contributed by atoms with E-state index < -0.39 is 0 Å². The van der Waals surface area contributed by atoms with Gasteiger partial charge in [-0.25, -0.2) is 0 Å². The van der Waals surface area contributed by atoms with Crippen LogP contribution >= 0.6 is 0 Å². The van der Waals surface area contributed by atoms with Crippen molar-refractivity contribution in [3.05, 3.63) is 22.6 Å². The molecule has 0 aromatic heterocycles. The fourth-order valence-electron chi connectivity index (χ4n) is 0.944. The Bertz CT molecular complexity index is 351. The molecular formula is C8H8N2O3. The van der Waals surface area contributed by atoms with Crippen LogP contribution in [-0.4, -0.2) is 10.9 Å². The molecule has 0 aliphatic heterocycles. The maximum Gasteiger partial charge on any atom is 0.172 e. The van der Waals surface area contributed by atoms with Crippen LogP contribution in [0.2, 0.25) is 0 Å². The van der Waals surface area contributed by atoms with Gasteiger partial charge in [-0.2, -0.15) is 0 Å². The van der Waals surface area contributed by atoms with Crippen molar-refractivity contribution in [2.75, 3.05) is 5.73 Å². The molecule has 0 spiro atoms. The standard InChI is InChI=1S/C8H8N2O3/c1-4(11)5-2-6(9)8(10-13)7(12)3-5/h2-3,12H,9H2,1H3. The molecule has 0 aliphatic carbocycles. The Morgan fingerprint density at radius 1 is 1.54 bits per heavy atom. The lowest BCUT2D eigenvalue weighted by molar-refractivity contribution is 0.101. The molecule has 0 heterocycles. The highest BCUT2D eigenvalue weighted by molar-refractivity contribution is 5.96. The van der Waals surface area contributed by atoms with Crippen molar-refractivity contribution in [3.8, 4) is 5.75 Å². The summed E-state index contributed by atoms with van der Waals surface area (Å²) in [6.45, 7) is 1.34. The molecule has 1 aromatic rings. The van der Waals surface area contributed by atoms with E-state index >= 15 is 0 Å². The molecule has 68 valence electrons. The molecule has 0 radical (unpaired) electrons. The maximum absolute atomic E-state index is 10.9. The molecule has 5 nitrogen and oxygen atoms in total. The number of benzene rings is 1. The third-order valence-corrected chi connectivity index (χ3v) is 1.62. The summed E-state index contributed by atoms with van der Waals surface area (Å²) in [6, 6.07) is 2.47. The van der Waals surface area contributed by atoms with Crippen LogP contribution in [-0.2, 0) is 0 Å². The zero-order valence-corrected chi connectivity index (χ0v) is 6.94. The van der Waals surface area contributed by atoms with Crippen LogP contribution in [0.1, 0.15) is 17.3 Å². The number of hydrogen-bond acceptors (Lipinski definition) is 5. The van der Waals surface area contributed by atoms with Gasteiger partial charge in [0.15, 0.2) is 11.5 Å². The van der Waals surface area contributed by atoms with Gasteiger partial charge >= 0.3 is 0 Å². The second-order valence-electron chi connectivity index (χ2n) is 2.58. The third kappa shape index (κ3) is 1.64. The molecule has 0 bridgehead atoms. The van der Waals surface area contributed by atoms with E-state index in [2.05, 4.69) is 5.18 Å². The van der Waals surface area contributed by atoms with Gasteiger partial charge in [0.25, 0.3) is 0 Å². The molecule has 1 aromatic carbocycles. The number of anilines is 1. The second-order valence-corrected chi connectivity index (χ2v) is 2.58. The van der Waals surface area contributed by atoms with Crippen molar-refractivity contribution in [2.45, 2.75) is 6.92 Å². The molecule has 5 heteroatoms. The number of nitrogens with zero attached hydrogens (tertiary/aromatic N) is 1. The summed E-state index contributed by atoms with van der Waals surface area (Å²) in [6.07, 6.45) is 0. The Balaban J connectivity index is 3.36. The third-order valence-electron chi connectivity index (χ3n) is 1.62. The molecule has 0 unspecified atom stereocenters. The molecule has 0 saturated carbocycles. The Morgan fingerprint density at radius 3 is 2.54 bits per heavy atom. The number of Topliss-reactive ketones (excluding diaryl/α,β-unsaturated/α-hetero) is 1. The number of aromatic hydroxyl groups is 1. The van der Waals surface area contributed by atoms with E-state index in [0.29, 0.717) is 0 Å². The summed E-state index contributed by atoms with van der Waals surface area (Å²) in [5, 5.41) is 11.7. The average molecular weight is 180 g/mol. The minimum atomic E-state index is -0.375. The van der Waals surface area contributed by atoms with Gasteiger partial charge in [-0.3, -0.25) is 4.79 Å². The second kappa shape index (κ2) is 3.22. The minimum absolute atomic E-state index is 0.000185. The SMILES string of the molecule is CC(=O)c1cc(N)c(N=O)c(O)c1. The van der Waals surface area contributed by atoms with Gasteiger partial charge in [-0.1, -0.05) is 0 Å². The quantitative estimate of drug-likeness (QED) is 0.410. The predicted octanol–water partition coefficient (Wildman–Crippen LogP) is 1.57. The number of nitrogen functional groups attached to an aromatic ring is 1. The number of nitroso groups, excluding NO2 is 1. The van der Waals surface area contributed by atoms with E-state index in [1.807, 2.05) is 0 Å². The highest BCUT2D eigenvalue weighted by atomic mass is 16.3. The Kier molecular flexibility index (Phi) is 2.27. The molecule has 1 rings (SSSR count). The van der Waals surface area contributed by atoms with Crippen LogP contribution in [0.4, 0.5) is 11.4 Å². The van der Waals surface area contributed by atoms with E-state index in [1.54, 1.807) is 0 Å². The zero-order chi connectivity index (χ0) is 10.0. The fraction of sp³-hybridized carbons (Fsp3) is 0.125. The first kappa shape index (κ1) is 9.18. The molecule has 13 heavy (non-hydrogen) atoms. The van der Waals surface area contributed by atoms with Crippen molar-refractivity contribution >= 4 is 17.2 Å². The first-order chi connectivity index (χ1) is 6.06. The van der Waals surface area contributed by atoms with Crippen molar-refractivity contribution in [1.29, 1.82) is 0 Å². The van der Waals surface area contributed by atoms with Crippen LogP contribution in [0.3, 0.4) is 0 Å². The molecule has 0 fully saturated rings. The summed E-state index contributed by atoms with van der Waals surface area (Å²) in [7, 11) is 0. The van der Waals surface area contributed by atoms with E-state index in [4.69, 9.17) is 5.73 Å². The Labute approximate surface area is 74.2 Å². The number of phenolic OH excluding ortho intramolecular Hbond substituents is 1. The molecule has 0 saturated heterocycles. The number of phenols is 1. The van der Waals surface area contributed by atoms with Gasteiger partial charge in [0, 0.05) is 5.56 Å². The minimum Gasteiger partial charge on any atom is -0.505 e. The van der Waals surface area contributed by atoms with Crippen LogP contribution in [0.15, 0.2) is 17.3 Å². The molecule has 0 aliphatic rings. The van der Waals surface area contributed by atoms with E-state index in [-0.39, 0.29) is 28.5 Å². The van der Waals surface area contributed by atoms with Crippen molar-refractivity contribution in [2.24, 2.45) is 5.18 Å². The lowest BCUT2D eigenvalue weighted by atomic mass is 10.1. The maximum atomic E-state index is 10.9. The van der Waals surface area contributed by atoms with Crippen LogP contribution in [0.5, 0.6) is 5.75 Å². The van der Waals surface area contributed by atoms with E-state index in [9.17, 15) is 14.8 Å². The first-order valence-electron chi connectivity index (χ1n) is 3.53. The largest absolute Gasteiger partial charge is 0.505 e. The van der Waals surface area contributed by atoms with E-state index in [1.165, 1.54) is 13.0 Å². The van der Waals surface area contributed by atoms with Gasteiger partial charge in [0.05, 0.1) is 5.69 Å². The van der Waals surface area contributed by atoms with Crippen LogP contribution in [0.25, 0.3) is 0 Å². The highest BCUT2D eigenvalue weighted by Crippen LogP contribution is 2.33. The summed E-state index contributed by atoms with van der Waals surface area (Å²) < 4.78 is 0. The van der Waals surface area contributed by atoms with E-state index in [0.717, 1.165) is 6.07 Å². The topological polar surface area (TPSA) is 92.8 Å². The Hall–Kier alpha value is -1.91. The van der Waals surface area contributed by atoms with Gasteiger partial charge in [-0.05, 0) is 24.2 Å². The highest BCUT2D eigenvalue weighted by Gasteiger charge is 2.10. The van der Waals surface area contributed by atoms with Gasteiger partial charge < -0.3 is 10.8 Å². The first-order valence-corrected chi connectivity index (χ1v) is 3.53. The van der Waals surface area contributed by atoms with Gasteiger partial charge in [-0.15, -0.1) is 4.91 Å².